The van der Waals surface area contributed by atoms with Crippen molar-refractivity contribution in [3.05, 3.63) is 12.3 Å². The molecule has 0 aromatic carbocycles. The molecule has 1 aromatic rings. The van der Waals surface area contributed by atoms with Crippen molar-refractivity contribution >= 4 is 11.8 Å². The zero-order chi connectivity index (χ0) is 12.9. The number of anilines is 2. The second-order valence-corrected chi connectivity index (χ2v) is 4.89. The fourth-order valence-corrected chi connectivity index (χ4v) is 1.41. The van der Waals surface area contributed by atoms with Gasteiger partial charge in [0.15, 0.2) is 0 Å². The maximum absolute atomic E-state index is 4.53. The van der Waals surface area contributed by atoms with Crippen molar-refractivity contribution in [1.82, 2.24) is 9.97 Å². The van der Waals surface area contributed by atoms with Crippen LogP contribution in [-0.4, -0.2) is 29.1 Å². The summed E-state index contributed by atoms with van der Waals surface area (Å²) in [5.74, 6) is 1.67. The summed E-state index contributed by atoms with van der Waals surface area (Å²) < 4.78 is 0. The minimum atomic E-state index is 0.108. The predicted molar refractivity (Wildman–Crippen MR) is 73.6 cm³/mol. The van der Waals surface area contributed by atoms with Crippen molar-refractivity contribution in [2.45, 2.75) is 46.1 Å². The summed E-state index contributed by atoms with van der Waals surface area (Å²) in [5.41, 5.74) is 0.108. The number of hydrogen-bond donors (Lipinski definition) is 1. The average Bonchev–Trinajstić information content (AvgIpc) is 2.35. The molecular formula is C13H24N4. The van der Waals surface area contributed by atoms with Gasteiger partial charge in [0.2, 0.25) is 5.95 Å². The Morgan fingerprint density at radius 3 is 2.65 bits per heavy atom. The summed E-state index contributed by atoms with van der Waals surface area (Å²) in [6.07, 6.45) is 3.96. The number of aromatic nitrogens is 2. The highest BCUT2D eigenvalue weighted by Crippen LogP contribution is 2.23. The van der Waals surface area contributed by atoms with E-state index in [1.54, 1.807) is 0 Å². The lowest BCUT2D eigenvalue weighted by atomic mass is 10.0. The van der Waals surface area contributed by atoms with Crippen LogP contribution in [0.25, 0.3) is 0 Å². The summed E-state index contributed by atoms with van der Waals surface area (Å²) in [6, 6.07) is 1.95. The predicted octanol–water partition coefficient (Wildman–Crippen LogP) is 2.92. The van der Waals surface area contributed by atoms with E-state index >= 15 is 0 Å². The zero-order valence-corrected chi connectivity index (χ0v) is 11.6. The minimum absolute atomic E-state index is 0.108. The Labute approximate surface area is 104 Å². The smallest absolute Gasteiger partial charge is 0.224 e. The first kappa shape index (κ1) is 13.7. The molecule has 4 heteroatoms. The molecule has 0 aliphatic rings. The lowest BCUT2D eigenvalue weighted by molar-refractivity contribution is 0.467. The quantitative estimate of drug-likeness (QED) is 0.824. The Kier molecular flexibility index (Phi) is 4.73. The van der Waals surface area contributed by atoms with Crippen LogP contribution in [0.3, 0.4) is 0 Å². The molecule has 1 aromatic heterocycles. The molecule has 17 heavy (non-hydrogen) atoms. The van der Waals surface area contributed by atoms with Crippen molar-refractivity contribution in [3.8, 4) is 0 Å². The maximum atomic E-state index is 4.53. The topological polar surface area (TPSA) is 41.1 Å². The lowest BCUT2D eigenvalue weighted by Gasteiger charge is -2.35. The molecule has 0 saturated heterocycles. The number of rotatable bonds is 6. The molecule has 0 saturated carbocycles. The number of nitrogens with one attached hydrogen (secondary N) is 1. The summed E-state index contributed by atoms with van der Waals surface area (Å²) >= 11 is 0. The fraction of sp³-hybridized carbons (Fsp3) is 0.692. The van der Waals surface area contributed by atoms with E-state index in [1.807, 2.05) is 12.3 Å². The van der Waals surface area contributed by atoms with Gasteiger partial charge in [0.05, 0.1) is 0 Å². The van der Waals surface area contributed by atoms with Gasteiger partial charge in [-0.05, 0) is 32.8 Å². The molecule has 0 unspecified atom stereocenters. The third-order valence-electron chi connectivity index (χ3n) is 3.29. The molecule has 0 bridgehead atoms. The highest BCUT2D eigenvalue weighted by Gasteiger charge is 2.22. The van der Waals surface area contributed by atoms with Gasteiger partial charge >= 0.3 is 0 Å². The van der Waals surface area contributed by atoms with Gasteiger partial charge in [0.25, 0.3) is 0 Å². The summed E-state index contributed by atoms with van der Waals surface area (Å²) in [7, 11) is 2.08. The van der Waals surface area contributed by atoms with Crippen molar-refractivity contribution in [3.63, 3.8) is 0 Å². The summed E-state index contributed by atoms with van der Waals surface area (Å²) in [6.45, 7) is 9.66. The first-order chi connectivity index (χ1) is 8.01. The Hall–Kier alpha value is -1.32. The van der Waals surface area contributed by atoms with Gasteiger partial charge in [-0.25, -0.2) is 4.98 Å². The molecule has 0 amide bonds. The van der Waals surface area contributed by atoms with E-state index in [0.29, 0.717) is 5.95 Å². The van der Waals surface area contributed by atoms with Crippen LogP contribution in [0.5, 0.6) is 0 Å². The molecule has 4 nitrogen and oxygen atoms in total. The second kappa shape index (κ2) is 5.84. The zero-order valence-electron chi connectivity index (χ0n) is 11.6. The molecule has 0 spiro atoms. The standard InChI is InChI=1S/C13H24N4/c1-6-9-14-12-15-10-8-11(16-12)17(5)13(3,4)7-2/h8,10H,6-7,9H2,1-5H3,(H,14,15,16). The van der Waals surface area contributed by atoms with Crippen molar-refractivity contribution < 1.29 is 0 Å². The first-order valence-electron chi connectivity index (χ1n) is 6.32. The third-order valence-corrected chi connectivity index (χ3v) is 3.29. The van der Waals surface area contributed by atoms with E-state index in [1.165, 1.54) is 0 Å². The van der Waals surface area contributed by atoms with Crippen LogP contribution in [0.15, 0.2) is 12.3 Å². The third kappa shape index (κ3) is 3.58. The van der Waals surface area contributed by atoms with Gasteiger partial charge < -0.3 is 10.2 Å². The van der Waals surface area contributed by atoms with Gasteiger partial charge in [-0.15, -0.1) is 0 Å². The molecule has 0 atom stereocenters. The molecule has 0 fully saturated rings. The monoisotopic (exact) mass is 236 g/mol. The Bertz CT molecular complexity index is 349. The van der Waals surface area contributed by atoms with Crippen molar-refractivity contribution in [2.24, 2.45) is 0 Å². The molecule has 0 aliphatic carbocycles. The van der Waals surface area contributed by atoms with Crippen LogP contribution < -0.4 is 10.2 Å². The van der Waals surface area contributed by atoms with E-state index in [0.717, 1.165) is 25.2 Å². The molecule has 1 heterocycles. The minimum Gasteiger partial charge on any atom is -0.354 e. The van der Waals surface area contributed by atoms with Crippen molar-refractivity contribution in [1.29, 1.82) is 0 Å². The summed E-state index contributed by atoms with van der Waals surface area (Å²) in [5, 5.41) is 3.21. The molecule has 1 rings (SSSR count). The maximum Gasteiger partial charge on any atom is 0.224 e. The van der Waals surface area contributed by atoms with Crippen molar-refractivity contribution in [2.75, 3.05) is 23.8 Å². The molecule has 0 radical (unpaired) electrons. The van der Waals surface area contributed by atoms with Crippen LogP contribution in [0.4, 0.5) is 11.8 Å². The van der Waals surface area contributed by atoms with Crippen LogP contribution >= 0.6 is 0 Å². The Balaban J connectivity index is 2.84. The van der Waals surface area contributed by atoms with Crippen LogP contribution in [0, 0.1) is 0 Å². The average molecular weight is 236 g/mol. The molecule has 96 valence electrons. The first-order valence-corrected chi connectivity index (χ1v) is 6.32. The van der Waals surface area contributed by atoms with E-state index in [-0.39, 0.29) is 5.54 Å². The summed E-state index contributed by atoms with van der Waals surface area (Å²) in [4.78, 5) is 10.9. The van der Waals surface area contributed by atoms with Gasteiger partial charge in [0.1, 0.15) is 5.82 Å². The highest BCUT2D eigenvalue weighted by molar-refractivity contribution is 5.43. The van der Waals surface area contributed by atoms with E-state index in [4.69, 9.17) is 0 Å². The van der Waals surface area contributed by atoms with Gasteiger partial charge in [-0.2, -0.15) is 4.98 Å². The number of hydrogen-bond acceptors (Lipinski definition) is 4. The van der Waals surface area contributed by atoms with Crippen LogP contribution in [-0.2, 0) is 0 Å². The lowest BCUT2D eigenvalue weighted by Crippen LogP contribution is -2.41. The SMILES string of the molecule is CCCNc1nccc(N(C)C(C)(C)CC)n1. The molecule has 0 aliphatic heterocycles. The van der Waals surface area contributed by atoms with Gasteiger partial charge in [-0.3, -0.25) is 0 Å². The highest BCUT2D eigenvalue weighted by atomic mass is 15.2. The van der Waals surface area contributed by atoms with Gasteiger partial charge in [0, 0.05) is 25.3 Å². The largest absolute Gasteiger partial charge is 0.354 e. The molecular weight excluding hydrogens is 212 g/mol. The number of nitrogens with zero attached hydrogens (tertiary/aromatic N) is 3. The fourth-order valence-electron chi connectivity index (χ4n) is 1.41. The van der Waals surface area contributed by atoms with Gasteiger partial charge in [-0.1, -0.05) is 13.8 Å². The Morgan fingerprint density at radius 2 is 2.06 bits per heavy atom. The second-order valence-electron chi connectivity index (χ2n) is 4.89. The van der Waals surface area contributed by atoms with E-state index in [9.17, 15) is 0 Å². The van der Waals surface area contributed by atoms with Crippen LogP contribution in [0.2, 0.25) is 0 Å². The normalized spacial score (nSPS) is 11.4. The van der Waals surface area contributed by atoms with E-state index < -0.39 is 0 Å². The van der Waals surface area contributed by atoms with Crippen LogP contribution in [0.1, 0.15) is 40.5 Å². The molecule has 1 N–H and O–H groups in total. The van der Waals surface area contributed by atoms with E-state index in [2.05, 4.69) is 54.9 Å². The Morgan fingerprint density at radius 1 is 1.35 bits per heavy atom.